The van der Waals surface area contributed by atoms with Crippen molar-refractivity contribution in [3.05, 3.63) is 88.8 Å². The lowest BCUT2D eigenvalue weighted by molar-refractivity contribution is -0.132. The summed E-state index contributed by atoms with van der Waals surface area (Å²) in [4.78, 5) is 32.2. The fourth-order valence-corrected chi connectivity index (χ4v) is 4.05. The van der Waals surface area contributed by atoms with Crippen LogP contribution >= 0.6 is 0 Å². The van der Waals surface area contributed by atoms with Gasteiger partial charge in [-0.1, -0.05) is 18.2 Å². The molecule has 3 aromatic rings. The first-order valence-corrected chi connectivity index (χ1v) is 10.4. The number of hydrogen-bond donors (Lipinski definition) is 1. The molecule has 0 spiro atoms. The number of anilines is 1. The maximum Gasteiger partial charge on any atom is 0.300 e. The summed E-state index contributed by atoms with van der Waals surface area (Å²) in [6, 6.07) is 13.2. The van der Waals surface area contributed by atoms with Gasteiger partial charge in [-0.25, -0.2) is 0 Å². The Bertz CT molecular complexity index is 1270. The van der Waals surface area contributed by atoms with E-state index in [-0.39, 0.29) is 11.3 Å². The van der Waals surface area contributed by atoms with E-state index in [2.05, 4.69) is 4.98 Å². The largest absolute Gasteiger partial charge is 0.507 e. The van der Waals surface area contributed by atoms with E-state index in [0.29, 0.717) is 28.3 Å². The minimum absolute atomic E-state index is 0.0128. The molecule has 0 saturated carbocycles. The number of aliphatic hydroxyl groups is 1. The molecule has 1 atom stereocenters. The van der Waals surface area contributed by atoms with E-state index in [1.165, 1.54) is 19.1 Å². The van der Waals surface area contributed by atoms with Crippen molar-refractivity contribution in [3.63, 3.8) is 0 Å². The number of amides is 1. The van der Waals surface area contributed by atoms with Crippen LogP contribution in [-0.4, -0.2) is 36.0 Å². The van der Waals surface area contributed by atoms with Crippen LogP contribution in [0.15, 0.2) is 66.5 Å². The highest BCUT2D eigenvalue weighted by Crippen LogP contribution is 2.43. The summed E-state index contributed by atoms with van der Waals surface area (Å²) in [6.45, 7) is 3.80. The topological polar surface area (TPSA) is 89.0 Å². The number of ether oxygens (including phenoxy) is 2. The Morgan fingerprint density at radius 3 is 2.42 bits per heavy atom. The highest BCUT2D eigenvalue weighted by atomic mass is 16.5. The number of rotatable bonds is 5. The molecule has 1 unspecified atom stereocenters. The molecule has 1 aliphatic heterocycles. The number of Topliss-reactive ketones (excluding diaryl/α,β-unsaturated/α-hetero) is 1. The van der Waals surface area contributed by atoms with Crippen molar-refractivity contribution in [1.82, 2.24) is 4.98 Å². The van der Waals surface area contributed by atoms with Crippen LogP contribution in [0.5, 0.6) is 11.5 Å². The van der Waals surface area contributed by atoms with Gasteiger partial charge in [-0.05, 0) is 60.9 Å². The average molecular weight is 444 g/mol. The summed E-state index contributed by atoms with van der Waals surface area (Å²) >= 11 is 0. The maximum absolute atomic E-state index is 13.3. The lowest BCUT2D eigenvalue weighted by Gasteiger charge is -2.27. The van der Waals surface area contributed by atoms with E-state index in [9.17, 15) is 14.7 Å². The molecule has 4 rings (SSSR count). The van der Waals surface area contributed by atoms with Crippen molar-refractivity contribution >= 4 is 23.1 Å². The standard InChI is InChI=1S/C26H24N2O5/c1-15-7-8-16(2)19(12-15)28-23(18-6-5-11-27-14-18)22(25(30)26(28)31)24(29)17-9-10-20(32-3)21(13-17)33-4/h5-14,23,29H,1-4H3/b24-22-. The second kappa shape index (κ2) is 8.78. The van der Waals surface area contributed by atoms with E-state index in [0.717, 1.165) is 11.1 Å². The molecular weight excluding hydrogens is 420 g/mol. The van der Waals surface area contributed by atoms with E-state index in [4.69, 9.17) is 9.47 Å². The normalized spacial score (nSPS) is 17.3. The summed E-state index contributed by atoms with van der Waals surface area (Å²) in [5, 5.41) is 11.3. The number of methoxy groups -OCH3 is 2. The van der Waals surface area contributed by atoms with Gasteiger partial charge in [-0.3, -0.25) is 19.5 Å². The molecule has 1 saturated heterocycles. The van der Waals surface area contributed by atoms with Gasteiger partial charge in [0.15, 0.2) is 11.5 Å². The zero-order valence-corrected chi connectivity index (χ0v) is 18.8. The molecule has 2 heterocycles. The predicted molar refractivity (Wildman–Crippen MR) is 124 cm³/mol. The average Bonchev–Trinajstić information content (AvgIpc) is 3.10. The molecule has 0 radical (unpaired) electrons. The molecule has 1 amide bonds. The molecule has 1 fully saturated rings. The van der Waals surface area contributed by atoms with Gasteiger partial charge in [0, 0.05) is 23.6 Å². The first kappa shape index (κ1) is 22.1. The number of aryl methyl sites for hydroxylation is 2. The molecule has 0 bridgehead atoms. The first-order chi connectivity index (χ1) is 15.9. The highest BCUT2D eigenvalue weighted by Gasteiger charge is 2.47. The lowest BCUT2D eigenvalue weighted by Crippen LogP contribution is -2.30. The van der Waals surface area contributed by atoms with E-state index in [1.54, 1.807) is 42.7 Å². The Morgan fingerprint density at radius 2 is 1.76 bits per heavy atom. The number of carbonyl (C=O) groups excluding carboxylic acids is 2. The number of aromatic nitrogens is 1. The smallest absolute Gasteiger partial charge is 0.300 e. The van der Waals surface area contributed by atoms with Gasteiger partial charge in [0.2, 0.25) is 0 Å². The van der Waals surface area contributed by atoms with Crippen molar-refractivity contribution in [2.45, 2.75) is 19.9 Å². The van der Waals surface area contributed by atoms with Crippen LogP contribution in [0.4, 0.5) is 5.69 Å². The van der Waals surface area contributed by atoms with Gasteiger partial charge in [0.1, 0.15) is 5.76 Å². The monoisotopic (exact) mass is 444 g/mol. The van der Waals surface area contributed by atoms with Crippen LogP contribution in [0.1, 0.15) is 28.3 Å². The van der Waals surface area contributed by atoms with E-state index < -0.39 is 17.7 Å². The fraction of sp³-hybridized carbons (Fsp3) is 0.192. The summed E-state index contributed by atoms with van der Waals surface area (Å²) in [5.41, 5.74) is 3.32. The summed E-state index contributed by atoms with van der Waals surface area (Å²) < 4.78 is 10.6. The summed E-state index contributed by atoms with van der Waals surface area (Å²) in [5.74, 6) is -0.899. The zero-order chi connectivity index (χ0) is 23.7. The Labute approximate surface area is 191 Å². The van der Waals surface area contributed by atoms with Crippen LogP contribution in [0.3, 0.4) is 0 Å². The van der Waals surface area contributed by atoms with E-state index >= 15 is 0 Å². The number of nitrogens with zero attached hydrogens (tertiary/aromatic N) is 2. The molecule has 7 heteroatoms. The second-order valence-electron chi connectivity index (χ2n) is 7.82. The third-order valence-electron chi connectivity index (χ3n) is 5.73. The van der Waals surface area contributed by atoms with Gasteiger partial charge in [0.05, 0.1) is 25.8 Å². The van der Waals surface area contributed by atoms with Crippen LogP contribution in [-0.2, 0) is 9.59 Å². The van der Waals surface area contributed by atoms with Crippen LogP contribution in [0.2, 0.25) is 0 Å². The third kappa shape index (κ3) is 3.82. The minimum atomic E-state index is -0.840. The van der Waals surface area contributed by atoms with Crippen molar-refractivity contribution in [1.29, 1.82) is 0 Å². The maximum atomic E-state index is 13.3. The van der Waals surface area contributed by atoms with Gasteiger partial charge in [-0.15, -0.1) is 0 Å². The second-order valence-corrected chi connectivity index (χ2v) is 7.82. The molecule has 1 aliphatic rings. The molecule has 7 nitrogen and oxygen atoms in total. The predicted octanol–water partition coefficient (Wildman–Crippen LogP) is 4.34. The highest BCUT2D eigenvalue weighted by molar-refractivity contribution is 6.51. The molecule has 0 aliphatic carbocycles. The van der Waals surface area contributed by atoms with Crippen LogP contribution in [0.25, 0.3) is 5.76 Å². The van der Waals surface area contributed by atoms with Crippen molar-refractivity contribution < 1.29 is 24.2 Å². The number of carbonyl (C=O) groups is 2. The molecule has 1 aromatic heterocycles. The van der Waals surface area contributed by atoms with Gasteiger partial charge in [-0.2, -0.15) is 0 Å². The Hall–Kier alpha value is -4.13. The van der Waals surface area contributed by atoms with Gasteiger partial charge < -0.3 is 14.6 Å². The van der Waals surface area contributed by atoms with Crippen LogP contribution < -0.4 is 14.4 Å². The summed E-state index contributed by atoms with van der Waals surface area (Å²) in [6.07, 6.45) is 3.21. The number of aliphatic hydroxyl groups excluding tert-OH is 1. The molecule has 1 N–H and O–H groups in total. The van der Waals surface area contributed by atoms with Gasteiger partial charge >= 0.3 is 0 Å². The van der Waals surface area contributed by atoms with Gasteiger partial charge in [0.25, 0.3) is 11.7 Å². The minimum Gasteiger partial charge on any atom is -0.507 e. The Morgan fingerprint density at radius 1 is 1.00 bits per heavy atom. The van der Waals surface area contributed by atoms with Crippen molar-refractivity contribution in [2.24, 2.45) is 0 Å². The third-order valence-corrected chi connectivity index (χ3v) is 5.73. The molecule has 2 aromatic carbocycles. The van der Waals surface area contributed by atoms with Crippen molar-refractivity contribution in [3.8, 4) is 11.5 Å². The number of hydrogen-bond acceptors (Lipinski definition) is 6. The molecule has 168 valence electrons. The number of ketones is 1. The molecular formula is C26H24N2O5. The lowest BCUT2D eigenvalue weighted by atomic mass is 9.95. The number of benzene rings is 2. The quantitative estimate of drug-likeness (QED) is 0.358. The SMILES string of the molecule is COc1ccc(/C(O)=C2/C(=O)C(=O)N(c3cc(C)ccc3C)C2c2cccnc2)cc1OC. The molecule has 33 heavy (non-hydrogen) atoms. The fourth-order valence-electron chi connectivity index (χ4n) is 4.05. The first-order valence-electron chi connectivity index (χ1n) is 10.4. The Kier molecular flexibility index (Phi) is 5.87. The number of pyridine rings is 1. The zero-order valence-electron chi connectivity index (χ0n) is 18.8. The van der Waals surface area contributed by atoms with Crippen molar-refractivity contribution in [2.75, 3.05) is 19.1 Å². The summed E-state index contributed by atoms with van der Waals surface area (Å²) in [7, 11) is 2.99. The van der Waals surface area contributed by atoms with Crippen LogP contribution in [0, 0.1) is 13.8 Å². The van der Waals surface area contributed by atoms with E-state index in [1.807, 2.05) is 32.0 Å². The Balaban J connectivity index is 1.96.